The van der Waals surface area contributed by atoms with Crippen LogP contribution in [0.1, 0.15) is 25.0 Å². The third-order valence-corrected chi connectivity index (χ3v) is 2.21. The monoisotopic (exact) mass is 171 g/mol. The largest absolute Gasteiger partial charge is 0.264 e. The Labute approximate surface area is 78.4 Å². The standard InChI is InChI=1S/C10H7N.C2H6/c1-2-11-6-10-5-9-4-8(9)3-7(1)10;1-2/h1-3,5-6H,4H2;1-2H3. The van der Waals surface area contributed by atoms with E-state index in [1.165, 1.54) is 28.3 Å². The van der Waals surface area contributed by atoms with Crippen molar-refractivity contribution in [2.45, 2.75) is 20.3 Å². The minimum atomic E-state index is 1.19. The molecule has 1 aromatic carbocycles. The van der Waals surface area contributed by atoms with Crippen LogP contribution >= 0.6 is 0 Å². The van der Waals surface area contributed by atoms with E-state index >= 15 is 0 Å². The first kappa shape index (κ1) is 8.24. The lowest BCUT2D eigenvalue weighted by Gasteiger charge is -1.91. The maximum absolute atomic E-state index is 4.08. The average Bonchev–Trinajstić information content (AvgIpc) is 2.95. The number of hydrogen-bond donors (Lipinski definition) is 0. The zero-order valence-electron chi connectivity index (χ0n) is 8.04. The number of hydrogen-bond acceptors (Lipinski definition) is 1. The lowest BCUT2D eigenvalue weighted by atomic mass is 10.2. The van der Waals surface area contributed by atoms with Crippen molar-refractivity contribution in [2.24, 2.45) is 0 Å². The molecule has 3 rings (SSSR count). The number of fused-ring (bicyclic) bond motifs is 2. The zero-order valence-corrected chi connectivity index (χ0v) is 8.04. The van der Waals surface area contributed by atoms with E-state index in [4.69, 9.17) is 0 Å². The van der Waals surface area contributed by atoms with Crippen molar-refractivity contribution in [2.75, 3.05) is 0 Å². The summed E-state index contributed by atoms with van der Waals surface area (Å²) < 4.78 is 0. The summed E-state index contributed by atoms with van der Waals surface area (Å²) in [5, 5.41) is 2.58. The predicted octanol–water partition coefficient (Wildman–Crippen LogP) is 3.17. The van der Waals surface area contributed by atoms with E-state index in [0.29, 0.717) is 0 Å². The molecule has 0 aliphatic heterocycles. The first-order chi connectivity index (χ1) is 6.43. The summed E-state index contributed by atoms with van der Waals surface area (Å²) >= 11 is 0. The quantitative estimate of drug-likeness (QED) is 0.506. The number of pyridine rings is 1. The third kappa shape index (κ3) is 1.42. The maximum atomic E-state index is 4.08. The van der Waals surface area contributed by atoms with Crippen LogP contribution in [0.4, 0.5) is 0 Å². The van der Waals surface area contributed by atoms with Gasteiger partial charge in [0.2, 0.25) is 0 Å². The van der Waals surface area contributed by atoms with Gasteiger partial charge in [-0.1, -0.05) is 19.9 Å². The normalized spacial score (nSPS) is 11.5. The van der Waals surface area contributed by atoms with E-state index in [9.17, 15) is 0 Å². The van der Waals surface area contributed by atoms with Crippen LogP contribution in [-0.2, 0) is 6.42 Å². The second-order valence-electron chi connectivity index (χ2n) is 3.02. The Hall–Kier alpha value is -1.37. The highest BCUT2D eigenvalue weighted by molar-refractivity contribution is 5.85. The van der Waals surface area contributed by atoms with Crippen LogP contribution < -0.4 is 0 Å². The molecule has 1 heterocycles. The van der Waals surface area contributed by atoms with Crippen LogP contribution in [0.15, 0.2) is 30.6 Å². The van der Waals surface area contributed by atoms with Gasteiger partial charge in [0.05, 0.1) is 0 Å². The van der Waals surface area contributed by atoms with E-state index in [1.54, 1.807) is 0 Å². The van der Waals surface area contributed by atoms with E-state index in [2.05, 4.69) is 23.2 Å². The molecular formula is C12H13N. The van der Waals surface area contributed by atoms with E-state index in [-0.39, 0.29) is 0 Å². The number of aromatic nitrogens is 1. The fraction of sp³-hybridized carbons (Fsp3) is 0.250. The van der Waals surface area contributed by atoms with Gasteiger partial charge in [-0.2, -0.15) is 0 Å². The van der Waals surface area contributed by atoms with Gasteiger partial charge in [-0.3, -0.25) is 4.98 Å². The van der Waals surface area contributed by atoms with Gasteiger partial charge < -0.3 is 0 Å². The van der Waals surface area contributed by atoms with Crippen LogP contribution in [0.25, 0.3) is 10.8 Å². The van der Waals surface area contributed by atoms with E-state index in [1.807, 2.05) is 26.2 Å². The molecule has 0 spiro atoms. The minimum absolute atomic E-state index is 1.19. The molecule has 0 fully saturated rings. The van der Waals surface area contributed by atoms with Crippen molar-refractivity contribution in [1.29, 1.82) is 0 Å². The molecule has 1 heteroatoms. The first-order valence-electron chi connectivity index (χ1n) is 4.79. The third-order valence-electron chi connectivity index (χ3n) is 2.21. The molecule has 1 aromatic heterocycles. The number of nitrogens with zero attached hydrogens (tertiary/aromatic N) is 1. The minimum Gasteiger partial charge on any atom is -0.264 e. The van der Waals surface area contributed by atoms with E-state index < -0.39 is 0 Å². The predicted molar refractivity (Wildman–Crippen MR) is 55.9 cm³/mol. The van der Waals surface area contributed by atoms with Crippen molar-refractivity contribution < 1.29 is 0 Å². The lowest BCUT2D eigenvalue weighted by Crippen LogP contribution is -1.71. The molecule has 0 radical (unpaired) electrons. The Morgan fingerprint density at radius 3 is 2.54 bits per heavy atom. The van der Waals surface area contributed by atoms with Crippen LogP contribution in [0.2, 0.25) is 0 Å². The second kappa shape index (κ2) is 3.17. The molecule has 2 aromatic rings. The molecule has 0 N–H and O–H groups in total. The highest BCUT2D eigenvalue weighted by Crippen LogP contribution is 2.31. The molecule has 0 unspecified atom stereocenters. The lowest BCUT2D eigenvalue weighted by molar-refractivity contribution is 1.37. The van der Waals surface area contributed by atoms with Gasteiger partial charge in [-0.25, -0.2) is 0 Å². The Bertz CT molecular complexity index is 392. The van der Waals surface area contributed by atoms with Crippen molar-refractivity contribution >= 4 is 10.8 Å². The summed E-state index contributed by atoms with van der Waals surface area (Å²) in [6.07, 6.45) is 4.96. The van der Waals surface area contributed by atoms with Crippen LogP contribution in [0, 0.1) is 0 Å². The fourth-order valence-electron chi connectivity index (χ4n) is 1.49. The molecule has 1 aliphatic carbocycles. The Morgan fingerprint density at radius 2 is 1.77 bits per heavy atom. The van der Waals surface area contributed by atoms with Crippen molar-refractivity contribution in [3.8, 4) is 0 Å². The second-order valence-corrected chi connectivity index (χ2v) is 3.02. The van der Waals surface area contributed by atoms with Gasteiger partial charge in [0.1, 0.15) is 0 Å². The molecule has 0 bridgehead atoms. The molecule has 0 saturated heterocycles. The van der Waals surface area contributed by atoms with Crippen LogP contribution in [0.5, 0.6) is 0 Å². The van der Waals surface area contributed by atoms with Crippen LogP contribution in [0.3, 0.4) is 0 Å². The summed E-state index contributed by atoms with van der Waals surface area (Å²) in [6, 6.07) is 6.55. The Balaban J connectivity index is 0.000000308. The van der Waals surface area contributed by atoms with Crippen LogP contribution in [-0.4, -0.2) is 4.98 Å². The summed E-state index contributed by atoms with van der Waals surface area (Å²) in [6.45, 7) is 4.00. The van der Waals surface area contributed by atoms with Gasteiger partial charge in [-0.05, 0) is 35.1 Å². The van der Waals surface area contributed by atoms with Gasteiger partial charge in [-0.15, -0.1) is 0 Å². The number of benzene rings is 1. The summed E-state index contributed by atoms with van der Waals surface area (Å²) in [5.74, 6) is 0. The SMILES string of the molecule is CC.c1cc2cc3c(cc2cn1)C3. The number of rotatable bonds is 0. The van der Waals surface area contributed by atoms with Crippen molar-refractivity contribution in [1.82, 2.24) is 4.98 Å². The van der Waals surface area contributed by atoms with Gasteiger partial charge in [0.25, 0.3) is 0 Å². The average molecular weight is 171 g/mol. The molecule has 0 atom stereocenters. The molecule has 0 saturated carbocycles. The van der Waals surface area contributed by atoms with Gasteiger partial charge >= 0.3 is 0 Å². The molecule has 1 nitrogen and oxygen atoms in total. The fourth-order valence-corrected chi connectivity index (χ4v) is 1.49. The van der Waals surface area contributed by atoms with Crippen molar-refractivity contribution in [3.63, 3.8) is 0 Å². The first-order valence-corrected chi connectivity index (χ1v) is 4.79. The molecular weight excluding hydrogens is 158 g/mol. The Kier molecular flexibility index (Phi) is 2.01. The molecule has 66 valence electrons. The van der Waals surface area contributed by atoms with Gasteiger partial charge in [0, 0.05) is 17.8 Å². The highest BCUT2D eigenvalue weighted by atomic mass is 14.6. The molecule has 13 heavy (non-hydrogen) atoms. The zero-order chi connectivity index (χ0) is 9.26. The maximum Gasteiger partial charge on any atom is 0.0346 e. The van der Waals surface area contributed by atoms with Crippen molar-refractivity contribution in [3.05, 3.63) is 41.7 Å². The smallest absolute Gasteiger partial charge is 0.0346 e. The summed E-state index contributed by atoms with van der Waals surface area (Å²) in [7, 11) is 0. The highest BCUT2D eigenvalue weighted by Gasteiger charge is 2.16. The summed E-state index contributed by atoms with van der Waals surface area (Å²) in [5.41, 5.74) is 2.99. The summed E-state index contributed by atoms with van der Waals surface area (Å²) in [4.78, 5) is 4.08. The van der Waals surface area contributed by atoms with Gasteiger partial charge in [0.15, 0.2) is 0 Å². The molecule has 1 aliphatic rings. The Morgan fingerprint density at radius 1 is 1.08 bits per heavy atom. The molecule has 0 amide bonds. The topological polar surface area (TPSA) is 12.9 Å². The van der Waals surface area contributed by atoms with E-state index in [0.717, 1.165) is 0 Å².